The summed E-state index contributed by atoms with van der Waals surface area (Å²) in [5.74, 6) is 0.183. The number of benzene rings is 1. The van der Waals surface area contributed by atoms with E-state index in [0.717, 1.165) is 32.2 Å². The fraction of sp³-hybridized carbons (Fsp3) is 0.550. The maximum Gasteiger partial charge on any atom is 0.251 e. The number of piperidine rings is 1. The first-order chi connectivity index (χ1) is 12.1. The average molecular weight is 339 g/mol. The van der Waals surface area contributed by atoms with Crippen molar-refractivity contribution >= 4 is 11.8 Å². The van der Waals surface area contributed by atoms with Gasteiger partial charge in [0, 0.05) is 25.2 Å². The van der Waals surface area contributed by atoms with Crippen LogP contribution in [0.2, 0.25) is 0 Å². The Bertz CT molecular complexity index is 659. The first kappa shape index (κ1) is 17.5. The van der Waals surface area contributed by atoms with Gasteiger partial charge in [0.25, 0.3) is 5.91 Å². The van der Waals surface area contributed by atoms with Gasteiger partial charge in [-0.3, -0.25) is 9.59 Å². The van der Waals surface area contributed by atoms with Gasteiger partial charge < -0.3 is 10.2 Å². The molecule has 2 aliphatic rings. The molecule has 1 N–H and O–H groups in total. The predicted molar refractivity (Wildman–Crippen MR) is 94.6 cm³/mol. The lowest BCUT2D eigenvalue weighted by Crippen LogP contribution is -2.48. The predicted octanol–water partition coefficient (Wildman–Crippen LogP) is 2.74. The third kappa shape index (κ3) is 3.84. The van der Waals surface area contributed by atoms with Gasteiger partial charge >= 0.3 is 0 Å². The van der Waals surface area contributed by atoms with Gasteiger partial charge in [0.15, 0.2) is 0 Å². The first-order valence-corrected chi connectivity index (χ1v) is 9.18. The molecule has 1 aliphatic carbocycles. The van der Waals surface area contributed by atoms with Crippen LogP contribution in [-0.2, 0) is 4.79 Å². The fourth-order valence-electron chi connectivity index (χ4n) is 4.00. The minimum Gasteiger partial charge on any atom is -0.352 e. The van der Waals surface area contributed by atoms with Crippen molar-refractivity contribution in [3.05, 3.63) is 35.9 Å². The number of rotatable bonds is 4. The second kappa shape index (κ2) is 7.69. The van der Waals surface area contributed by atoms with Crippen molar-refractivity contribution in [2.75, 3.05) is 19.6 Å². The lowest BCUT2D eigenvalue weighted by molar-refractivity contribution is -0.140. The highest BCUT2D eigenvalue weighted by atomic mass is 16.2. The number of carbonyl (C=O) groups excluding carboxylic acids is 2. The van der Waals surface area contributed by atoms with Crippen molar-refractivity contribution < 1.29 is 9.59 Å². The van der Waals surface area contributed by atoms with Crippen molar-refractivity contribution in [2.24, 2.45) is 11.3 Å². The standard InChI is InChI=1S/C20H25N3O2/c21-15-20(10-4-5-11-20)19(25)23-12-6-7-16(14-23)13-22-18(24)17-8-2-1-3-9-17/h1-3,8-9,16H,4-7,10-14H2,(H,22,24)/t16-/m1/s1. The highest BCUT2D eigenvalue weighted by Crippen LogP contribution is 2.39. The molecule has 1 atom stereocenters. The number of carbonyl (C=O) groups is 2. The molecular formula is C20H25N3O2. The Kier molecular flexibility index (Phi) is 5.37. The minimum absolute atomic E-state index is 0.00610. The van der Waals surface area contributed by atoms with Gasteiger partial charge in [0.1, 0.15) is 5.41 Å². The van der Waals surface area contributed by atoms with Crippen LogP contribution in [-0.4, -0.2) is 36.3 Å². The van der Waals surface area contributed by atoms with Gasteiger partial charge in [-0.05, 0) is 43.7 Å². The van der Waals surface area contributed by atoms with Gasteiger partial charge in [-0.15, -0.1) is 0 Å². The van der Waals surface area contributed by atoms with Crippen LogP contribution in [0.15, 0.2) is 30.3 Å². The van der Waals surface area contributed by atoms with Crippen molar-refractivity contribution in [3.8, 4) is 6.07 Å². The lowest BCUT2D eigenvalue weighted by atomic mass is 9.85. The van der Waals surface area contributed by atoms with Crippen LogP contribution < -0.4 is 5.32 Å². The first-order valence-electron chi connectivity index (χ1n) is 9.18. The molecule has 0 aromatic heterocycles. The van der Waals surface area contributed by atoms with Crippen molar-refractivity contribution in [3.63, 3.8) is 0 Å². The molecule has 1 aromatic carbocycles. The van der Waals surface area contributed by atoms with Gasteiger partial charge in [0.05, 0.1) is 6.07 Å². The molecule has 1 heterocycles. The number of hydrogen-bond donors (Lipinski definition) is 1. The second-order valence-corrected chi connectivity index (χ2v) is 7.24. The zero-order valence-electron chi connectivity index (χ0n) is 14.5. The molecule has 25 heavy (non-hydrogen) atoms. The number of amides is 2. The molecule has 1 saturated carbocycles. The summed E-state index contributed by atoms with van der Waals surface area (Å²) in [6.45, 7) is 1.93. The van der Waals surface area contributed by atoms with Crippen LogP contribution in [0.3, 0.4) is 0 Å². The monoisotopic (exact) mass is 339 g/mol. The highest BCUT2D eigenvalue weighted by molar-refractivity contribution is 5.94. The van der Waals surface area contributed by atoms with Gasteiger partial charge in [0.2, 0.25) is 5.91 Å². The van der Waals surface area contributed by atoms with E-state index >= 15 is 0 Å². The second-order valence-electron chi connectivity index (χ2n) is 7.24. The Morgan fingerprint density at radius 3 is 2.60 bits per heavy atom. The summed E-state index contributed by atoms with van der Waals surface area (Å²) in [6.07, 6.45) is 5.23. The van der Waals surface area contributed by atoms with Gasteiger partial charge in [-0.1, -0.05) is 31.0 Å². The van der Waals surface area contributed by atoms with E-state index in [9.17, 15) is 14.9 Å². The molecule has 5 nitrogen and oxygen atoms in total. The van der Waals surface area contributed by atoms with Crippen molar-refractivity contribution in [2.45, 2.75) is 38.5 Å². The zero-order chi connectivity index (χ0) is 17.7. The van der Waals surface area contributed by atoms with Crippen LogP contribution in [0.4, 0.5) is 0 Å². The molecule has 0 unspecified atom stereocenters. The maximum absolute atomic E-state index is 12.9. The average Bonchev–Trinajstić information content (AvgIpc) is 3.17. The Balaban J connectivity index is 1.55. The van der Waals surface area contributed by atoms with Crippen molar-refractivity contribution in [1.82, 2.24) is 10.2 Å². The number of likely N-dealkylation sites (tertiary alicyclic amines) is 1. The third-order valence-corrected chi connectivity index (χ3v) is 5.47. The van der Waals surface area contributed by atoms with Crippen molar-refractivity contribution in [1.29, 1.82) is 5.26 Å². The van der Waals surface area contributed by atoms with Gasteiger partial charge in [-0.25, -0.2) is 0 Å². The zero-order valence-corrected chi connectivity index (χ0v) is 14.5. The molecule has 1 aromatic rings. The molecule has 132 valence electrons. The van der Waals surface area contributed by atoms with Crippen LogP contribution in [0.5, 0.6) is 0 Å². The van der Waals surface area contributed by atoms with Crippen LogP contribution >= 0.6 is 0 Å². The summed E-state index contributed by atoms with van der Waals surface area (Å²) >= 11 is 0. The summed E-state index contributed by atoms with van der Waals surface area (Å²) in [7, 11) is 0. The van der Waals surface area contributed by atoms with E-state index in [4.69, 9.17) is 0 Å². The van der Waals surface area contributed by atoms with Crippen LogP contribution in [0.1, 0.15) is 48.9 Å². The maximum atomic E-state index is 12.9. The SMILES string of the molecule is N#CC1(C(=O)N2CCC[C@H](CNC(=O)c3ccccc3)C2)CCCC1. The quantitative estimate of drug-likeness (QED) is 0.916. The number of hydrogen-bond acceptors (Lipinski definition) is 3. The molecule has 2 amide bonds. The Hall–Kier alpha value is -2.35. The summed E-state index contributed by atoms with van der Waals surface area (Å²) in [6, 6.07) is 11.5. The molecule has 3 rings (SSSR count). The number of nitrogens with zero attached hydrogens (tertiary/aromatic N) is 2. The summed E-state index contributed by atoms with van der Waals surface area (Å²) in [4.78, 5) is 26.9. The van der Waals surface area contributed by atoms with E-state index in [1.807, 2.05) is 23.1 Å². The number of nitriles is 1. The molecular weight excluding hydrogens is 314 g/mol. The molecule has 1 aliphatic heterocycles. The normalized spacial score (nSPS) is 22.2. The topological polar surface area (TPSA) is 73.2 Å². The minimum atomic E-state index is -0.796. The Morgan fingerprint density at radius 1 is 1.20 bits per heavy atom. The van der Waals surface area contributed by atoms with E-state index in [1.165, 1.54) is 0 Å². The fourth-order valence-corrected chi connectivity index (χ4v) is 4.00. The smallest absolute Gasteiger partial charge is 0.251 e. The molecule has 0 bridgehead atoms. The Labute approximate surface area is 149 Å². The summed E-state index contributed by atoms with van der Waals surface area (Å²) in [5, 5.41) is 12.5. The molecule has 0 radical (unpaired) electrons. The molecule has 1 saturated heterocycles. The third-order valence-electron chi connectivity index (χ3n) is 5.47. The van der Waals surface area contributed by atoms with E-state index in [1.54, 1.807) is 12.1 Å². The molecule has 5 heteroatoms. The van der Waals surface area contributed by atoms with E-state index < -0.39 is 5.41 Å². The summed E-state index contributed by atoms with van der Waals surface area (Å²) < 4.78 is 0. The highest BCUT2D eigenvalue weighted by Gasteiger charge is 2.44. The van der Waals surface area contributed by atoms with Gasteiger partial charge in [-0.2, -0.15) is 5.26 Å². The lowest BCUT2D eigenvalue weighted by Gasteiger charge is -2.36. The number of nitrogens with one attached hydrogen (secondary N) is 1. The van der Waals surface area contributed by atoms with Crippen LogP contribution in [0, 0.1) is 22.7 Å². The largest absolute Gasteiger partial charge is 0.352 e. The van der Waals surface area contributed by atoms with E-state index in [0.29, 0.717) is 31.5 Å². The molecule has 2 fully saturated rings. The molecule has 0 spiro atoms. The van der Waals surface area contributed by atoms with E-state index in [2.05, 4.69) is 11.4 Å². The van der Waals surface area contributed by atoms with E-state index in [-0.39, 0.29) is 17.7 Å². The summed E-state index contributed by atoms with van der Waals surface area (Å²) in [5.41, 5.74) is -0.143. The van der Waals surface area contributed by atoms with Crippen LogP contribution in [0.25, 0.3) is 0 Å². The Morgan fingerprint density at radius 2 is 1.92 bits per heavy atom.